The molecule has 116 valence electrons. The Bertz CT molecular complexity index is 664. The van der Waals surface area contributed by atoms with Crippen LogP contribution in [0, 0.1) is 6.92 Å². The molecule has 1 aromatic carbocycles. The molecule has 1 aliphatic heterocycles. The van der Waals surface area contributed by atoms with Crippen LogP contribution in [0.25, 0.3) is 0 Å². The van der Waals surface area contributed by atoms with E-state index < -0.39 is 0 Å². The van der Waals surface area contributed by atoms with Gasteiger partial charge in [0.1, 0.15) is 0 Å². The monoisotopic (exact) mass is 298 g/mol. The zero-order valence-electron chi connectivity index (χ0n) is 13.1. The van der Waals surface area contributed by atoms with Crippen LogP contribution in [0.2, 0.25) is 0 Å². The van der Waals surface area contributed by atoms with Crippen molar-refractivity contribution in [2.24, 2.45) is 0 Å². The van der Waals surface area contributed by atoms with Gasteiger partial charge in [0.05, 0.1) is 18.2 Å². The Morgan fingerprint density at radius 2 is 2.18 bits per heavy atom. The van der Waals surface area contributed by atoms with E-state index >= 15 is 0 Å². The predicted octanol–water partition coefficient (Wildman–Crippen LogP) is 1.88. The van der Waals surface area contributed by atoms with Gasteiger partial charge in [0.2, 0.25) is 5.91 Å². The molecule has 1 aromatic heterocycles. The van der Waals surface area contributed by atoms with Crippen molar-refractivity contribution in [2.75, 3.05) is 13.6 Å². The first kappa shape index (κ1) is 14.8. The predicted molar refractivity (Wildman–Crippen MR) is 85.2 cm³/mol. The van der Waals surface area contributed by atoms with E-state index in [9.17, 15) is 4.79 Å². The summed E-state index contributed by atoms with van der Waals surface area (Å²) < 4.78 is 2.00. The first-order valence-electron chi connectivity index (χ1n) is 7.67. The third kappa shape index (κ3) is 3.04. The van der Waals surface area contributed by atoms with Crippen molar-refractivity contribution in [3.63, 3.8) is 0 Å². The lowest BCUT2D eigenvalue weighted by atomic mass is 10.1. The molecule has 0 saturated carbocycles. The molecule has 0 fully saturated rings. The zero-order valence-corrected chi connectivity index (χ0v) is 13.1. The number of aryl methyl sites for hydroxylation is 1. The lowest BCUT2D eigenvalue weighted by Gasteiger charge is -2.34. The van der Waals surface area contributed by atoms with E-state index in [-0.39, 0.29) is 11.9 Å². The van der Waals surface area contributed by atoms with E-state index in [2.05, 4.69) is 46.5 Å². The highest BCUT2D eigenvalue weighted by molar-refractivity contribution is 5.76. The first-order chi connectivity index (χ1) is 10.7. The second kappa shape index (κ2) is 6.32. The van der Waals surface area contributed by atoms with Crippen molar-refractivity contribution in [3.05, 3.63) is 53.3 Å². The number of carbonyl (C=O) groups excluding carboxylic acids is 1. The number of fused-ring (bicyclic) bond motifs is 1. The second-order valence-electron chi connectivity index (χ2n) is 5.89. The van der Waals surface area contributed by atoms with E-state index in [1.807, 2.05) is 16.9 Å². The van der Waals surface area contributed by atoms with Gasteiger partial charge < -0.3 is 5.32 Å². The van der Waals surface area contributed by atoms with Crippen LogP contribution in [-0.2, 0) is 17.9 Å². The quantitative estimate of drug-likeness (QED) is 0.937. The summed E-state index contributed by atoms with van der Waals surface area (Å²) in [6.07, 6.45) is 2.29. The van der Waals surface area contributed by atoms with Crippen molar-refractivity contribution in [1.29, 1.82) is 0 Å². The summed E-state index contributed by atoms with van der Waals surface area (Å²) in [5.74, 6) is 0.0594. The number of aromatic nitrogens is 2. The van der Waals surface area contributed by atoms with Crippen LogP contribution in [0.15, 0.2) is 36.5 Å². The van der Waals surface area contributed by atoms with Crippen molar-refractivity contribution in [1.82, 2.24) is 20.0 Å². The van der Waals surface area contributed by atoms with E-state index in [0.29, 0.717) is 6.42 Å². The number of hydrogen-bond donors (Lipinski definition) is 1. The maximum absolute atomic E-state index is 11.8. The van der Waals surface area contributed by atoms with Crippen LogP contribution < -0.4 is 5.32 Å². The molecule has 22 heavy (non-hydrogen) atoms. The molecule has 0 spiro atoms. The van der Waals surface area contributed by atoms with Crippen LogP contribution in [0.1, 0.15) is 29.3 Å². The molecule has 1 aliphatic rings. The zero-order chi connectivity index (χ0) is 15.5. The van der Waals surface area contributed by atoms with Crippen molar-refractivity contribution < 1.29 is 4.79 Å². The van der Waals surface area contributed by atoms with Gasteiger partial charge in [0.25, 0.3) is 0 Å². The topological polar surface area (TPSA) is 50.2 Å². The average Bonchev–Trinajstić information content (AvgIpc) is 2.98. The van der Waals surface area contributed by atoms with E-state index in [0.717, 1.165) is 19.6 Å². The van der Waals surface area contributed by atoms with Gasteiger partial charge in [0.15, 0.2) is 0 Å². The van der Waals surface area contributed by atoms with Gasteiger partial charge in [-0.2, -0.15) is 5.10 Å². The van der Waals surface area contributed by atoms with Crippen LogP contribution >= 0.6 is 0 Å². The standard InChI is InChI=1S/C17H22N4O/c1-13-5-3-4-6-14(13)10-20-11-15-7-8-19-21(15)16(12-20)9-17(22)18-2/h3-8,16H,9-12H2,1-2H3,(H,18,22)/t16-/m1/s1. The highest BCUT2D eigenvalue weighted by Crippen LogP contribution is 2.24. The molecule has 1 atom stereocenters. The van der Waals surface area contributed by atoms with E-state index in [4.69, 9.17) is 0 Å². The van der Waals surface area contributed by atoms with Gasteiger partial charge in [-0.05, 0) is 24.1 Å². The number of nitrogens with zero attached hydrogens (tertiary/aromatic N) is 3. The fourth-order valence-corrected chi connectivity index (χ4v) is 3.08. The van der Waals surface area contributed by atoms with Crippen molar-refractivity contribution in [3.8, 4) is 0 Å². The van der Waals surface area contributed by atoms with Crippen LogP contribution in [-0.4, -0.2) is 34.2 Å². The maximum Gasteiger partial charge on any atom is 0.221 e. The Hall–Kier alpha value is -2.14. The van der Waals surface area contributed by atoms with Gasteiger partial charge in [0, 0.05) is 32.9 Å². The molecule has 2 aromatic rings. The summed E-state index contributed by atoms with van der Waals surface area (Å²) in [4.78, 5) is 14.2. The molecular formula is C17H22N4O. The highest BCUT2D eigenvalue weighted by atomic mass is 16.1. The SMILES string of the molecule is CNC(=O)C[C@@H]1CN(Cc2ccccc2C)Cc2ccnn21. The molecule has 1 amide bonds. The summed E-state index contributed by atoms with van der Waals surface area (Å²) >= 11 is 0. The number of carbonyl (C=O) groups is 1. The Morgan fingerprint density at radius 3 is 2.95 bits per heavy atom. The normalized spacial score (nSPS) is 18.0. The van der Waals surface area contributed by atoms with E-state index in [1.165, 1.54) is 16.8 Å². The van der Waals surface area contributed by atoms with Crippen LogP contribution in [0.4, 0.5) is 0 Å². The fourth-order valence-electron chi connectivity index (χ4n) is 3.08. The number of hydrogen-bond acceptors (Lipinski definition) is 3. The number of nitrogens with one attached hydrogen (secondary N) is 1. The summed E-state index contributed by atoms with van der Waals surface area (Å²) in [6.45, 7) is 4.77. The molecule has 5 nitrogen and oxygen atoms in total. The minimum Gasteiger partial charge on any atom is -0.359 e. The van der Waals surface area contributed by atoms with Crippen molar-refractivity contribution >= 4 is 5.91 Å². The molecule has 5 heteroatoms. The molecule has 0 unspecified atom stereocenters. The summed E-state index contributed by atoms with van der Waals surface area (Å²) in [5, 5.41) is 7.10. The first-order valence-corrected chi connectivity index (χ1v) is 7.67. The van der Waals surface area contributed by atoms with Gasteiger partial charge in [-0.15, -0.1) is 0 Å². The molecule has 3 rings (SSSR count). The van der Waals surface area contributed by atoms with E-state index in [1.54, 1.807) is 7.05 Å². The van der Waals surface area contributed by atoms with Gasteiger partial charge in [-0.1, -0.05) is 24.3 Å². The smallest absolute Gasteiger partial charge is 0.221 e. The van der Waals surface area contributed by atoms with Gasteiger partial charge in [-0.25, -0.2) is 0 Å². The molecule has 0 bridgehead atoms. The van der Waals surface area contributed by atoms with Crippen LogP contribution in [0.5, 0.6) is 0 Å². The summed E-state index contributed by atoms with van der Waals surface area (Å²) in [7, 11) is 1.68. The lowest BCUT2D eigenvalue weighted by molar-refractivity contribution is -0.121. The average molecular weight is 298 g/mol. The largest absolute Gasteiger partial charge is 0.359 e. The Morgan fingerprint density at radius 1 is 1.36 bits per heavy atom. The summed E-state index contributed by atoms with van der Waals surface area (Å²) in [6, 6.07) is 10.6. The summed E-state index contributed by atoms with van der Waals surface area (Å²) in [5.41, 5.74) is 3.83. The molecular weight excluding hydrogens is 276 g/mol. The second-order valence-corrected chi connectivity index (χ2v) is 5.89. The fraction of sp³-hybridized carbons (Fsp3) is 0.412. The lowest BCUT2D eigenvalue weighted by Crippen LogP contribution is -2.39. The third-order valence-corrected chi connectivity index (χ3v) is 4.31. The van der Waals surface area contributed by atoms with Crippen LogP contribution in [0.3, 0.4) is 0 Å². The van der Waals surface area contributed by atoms with Crippen molar-refractivity contribution in [2.45, 2.75) is 32.5 Å². The Kier molecular flexibility index (Phi) is 4.24. The molecule has 1 N–H and O–H groups in total. The molecule has 0 aliphatic carbocycles. The molecule has 0 saturated heterocycles. The minimum atomic E-state index is 0.0594. The third-order valence-electron chi connectivity index (χ3n) is 4.31. The molecule has 2 heterocycles. The number of rotatable bonds is 4. The maximum atomic E-state index is 11.8. The highest BCUT2D eigenvalue weighted by Gasteiger charge is 2.27. The van der Waals surface area contributed by atoms with Gasteiger partial charge in [-0.3, -0.25) is 14.4 Å². The number of benzene rings is 1. The number of amides is 1. The minimum absolute atomic E-state index is 0.0594. The molecule has 0 radical (unpaired) electrons. The Labute approximate surface area is 130 Å². The Balaban J connectivity index is 1.78. The van der Waals surface area contributed by atoms with Gasteiger partial charge >= 0.3 is 0 Å².